The molecule has 0 saturated heterocycles. The Labute approximate surface area is 117 Å². The van der Waals surface area contributed by atoms with Crippen LogP contribution in [0.25, 0.3) is 0 Å². The number of rotatable bonds is 5. The number of likely N-dealkylation sites (N-methyl/N-ethyl adjacent to an activating group) is 1. The first-order valence-corrected chi connectivity index (χ1v) is 6.18. The van der Waals surface area contributed by atoms with Crippen molar-refractivity contribution in [3.8, 4) is 0 Å². The summed E-state index contributed by atoms with van der Waals surface area (Å²) in [6.45, 7) is 2.94. The quantitative estimate of drug-likeness (QED) is 0.837. The molecule has 1 N–H and O–H groups in total. The third-order valence-corrected chi connectivity index (χ3v) is 3.11. The Bertz CT molecular complexity index is 513. The first-order chi connectivity index (χ1) is 9.24. The predicted octanol–water partition coefficient (Wildman–Crippen LogP) is 1.42. The zero-order valence-corrected chi connectivity index (χ0v) is 11.3. The van der Waals surface area contributed by atoms with Gasteiger partial charge in [-0.25, -0.2) is 0 Å². The van der Waals surface area contributed by atoms with Crippen molar-refractivity contribution < 1.29 is 22.8 Å². The lowest BCUT2D eigenvalue weighted by atomic mass is 10.3. The topological polar surface area (TPSA) is 62.3 Å². The molecule has 0 aromatic carbocycles. The van der Waals surface area contributed by atoms with Crippen LogP contribution in [0, 0.1) is 0 Å². The molecule has 0 fully saturated rings. The van der Waals surface area contributed by atoms with Gasteiger partial charge in [0.1, 0.15) is 4.88 Å². The number of carbonyl (C=O) groups excluding carboxylic acids is 2. The van der Waals surface area contributed by atoms with Gasteiger partial charge in [0.15, 0.2) is 0 Å². The minimum absolute atomic E-state index is 0.119. The second kappa shape index (κ2) is 6.51. The smallest absolute Gasteiger partial charge is 0.349 e. The normalized spacial score (nSPS) is 11.0. The van der Waals surface area contributed by atoms with Gasteiger partial charge in [0, 0.05) is 7.05 Å². The maximum Gasteiger partial charge on any atom is 0.427 e. The van der Waals surface area contributed by atoms with Crippen molar-refractivity contribution in [2.75, 3.05) is 13.6 Å². The van der Waals surface area contributed by atoms with Crippen LogP contribution >= 0.6 is 11.5 Å². The number of aromatic nitrogens is 1. The molecule has 1 aromatic heterocycles. The molecule has 1 rings (SSSR count). The SMILES string of the molecule is C=CC(=O)N(C)CC(=O)NCc1cc(C(F)(F)F)sn1. The Morgan fingerprint density at radius 1 is 1.55 bits per heavy atom. The predicted molar refractivity (Wildman–Crippen MR) is 66.8 cm³/mol. The van der Waals surface area contributed by atoms with Gasteiger partial charge in [-0.15, -0.1) is 0 Å². The van der Waals surface area contributed by atoms with Gasteiger partial charge in [0.05, 0.1) is 18.8 Å². The van der Waals surface area contributed by atoms with E-state index in [0.717, 1.165) is 17.0 Å². The van der Waals surface area contributed by atoms with E-state index >= 15 is 0 Å². The molecule has 0 spiro atoms. The van der Waals surface area contributed by atoms with E-state index in [2.05, 4.69) is 16.3 Å². The van der Waals surface area contributed by atoms with E-state index in [1.54, 1.807) is 0 Å². The van der Waals surface area contributed by atoms with Crippen LogP contribution in [0.5, 0.6) is 0 Å². The van der Waals surface area contributed by atoms with E-state index in [1.165, 1.54) is 7.05 Å². The maximum atomic E-state index is 12.3. The van der Waals surface area contributed by atoms with Crippen molar-refractivity contribution in [2.45, 2.75) is 12.7 Å². The fourth-order valence-electron chi connectivity index (χ4n) is 1.22. The Hall–Kier alpha value is -1.90. The summed E-state index contributed by atoms with van der Waals surface area (Å²) in [6, 6.07) is 0.879. The highest BCUT2D eigenvalue weighted by Gasteiger charge is 2.33. The lowest BCUT2D eigenvalue weighted by molar-refractivity contribution is -0.134. The number of nitrogens with one attached hydrogen (secondary N) is 1. The zero-order valence-electron chi connectivity index (χ0n) is 10.5. The first-order valence-electron chi connectivity index (χ1n) is 5.41. The van der Waals surface area contributed by atoms with Crippen LogP contribution in [0.3, 0.4) is 0 Å². The number of halogens is 3. The second-order valence-corrected chi connectivity index (χ2v) is 4.66. The molecule has 0 saturated carbocycles. The third kappa shape index (κ3) is 4.65. The summed E-state index contributed by atoms with van der Waals surface area (Å²) in [5.41, 5.74) is 0.119. The van der Waals surface area contributed by atoms with Gasteiger partial charge in [-0.05, 0) is 23.7 Å². The van der Waals surface area contributed by atoms with Crippen molar-refractivity contribution in [3.05, 3.63) is 29.3 Å². The van der Waals surface area contributed by atoms with Crippen molar-refractivity contribution in [1.82, 2.24) is 14.6 Å². The van der Waals surface area contributed by atoms with Crippen LogP contribution in [-0.4, -0.2) is 34.7 Å². The largest absolute Gasteiger partial charge is 0.427 e. The molecule has 20 heavy (non-hydrogen) atoms. The van der Waals surface area contributed by atoms with Gasteiger partial charge >= 0.3 is 6.18 Å². The third-order valence-electron chi connectivity index (χ3n) is 2.24. The molecule has 0 radical (unpaired) electrons. The molecule has 110 valence electrons. The lowest BCUT2D eigenvalue weighted by Crippen LogP contribution is -2.37. The highest BCUT2D eigenvalue weighted by atomic mass is 32.1. The molecule has 0 aliphatic heterocycles. The van der Waals surface area contributed by atoms with Crippen molar-refractivity contribution in [3.63, 3.8) is 0 Å². The van der Waals surface area contributed by atoms with Crippen LogP contribution in [-0.2, 0) is 22.3 Å². The van der Waals surface area contributed by atoms with E-state index < -0.39 is 22.9 Å². The van der Waals surface area contributed by atoms with Crippen LogP contribution < -0.4 is 5.32 Å². The molecule has 1 aromatic rings. The number of nitrogens with zero attached hydrogens (tertiary/aromatic N) is 2. The highest BCUT2D eigenvalue weighted by Crippen LogP contribution is 2.32. The van der Waals surface area contributed by atoms with E-state index in [-0.39, 0.29) is 18.8 Å². The summed E-state index contributed by atoms with van der Waals surface area (Å²) in [7, 11) is 1.41. The molecule has 9 heteroatoms. The number of hydrogen-bond donors (Lipinski definition) is 1. The van der Waals surface area contributed by atoms with Crippen LogP contribution in [0.1, 0.15) is 10.6 Å². The number of carbonyl (C=O) groups is 2. The van der Waals surface area contributed by atoms with Crippen molar-refractivity contribution >= 4 is 23.3 Å². The summed E-state index contributed by atoms with van der Waals surface area (Å²) in [5, 5.41) is 2.38. The lowest BCUT2D eigenvalue weighted by Gasteiger charge is -2.14. The molecule has 1 heterocycles. The standard InChI is InChI=1S/C11H12F3N3O2S/c1-3-10(19)17(2)6-9(18)15-5-7-4-8(20-16-7)11(12,13)14/h3-4H,1,5-6H2,2H3,(H,15,18). The van der Waals surface area contributed by atoms with Crippen LogP contribution in [0.4, 0.5) is 13.2 Å². The molecular formula is C11H12F3N3O2S. The molecule has 2 amide bonds. The molecule has 0 atom stereocenters. The van der Waals surface area contributed by atoms with Crippen molar-refractivity contribution in [2.24, 2.45) is 0 Å². The summed E-state index contributed by atoms with van der Waals surface area (Å²) in [5.74, 6) is -0.919. The van der Waals surface area contributed by atoms with Gasteiger partial charge < -0.3 is 10.2 Å². The zero-order chi connectivity index (χ0) is 15.3. The molecule has 0 bridgehead atoms. The van der Waals surface area contributed by atoms with Crippen LogP contribution in [0.2, 0.25) is 0 Å². The molecule has 0 unspecified atom stereocenters. The van der Waals surface area contributed by atoms with Gasteiger partial charge in [-0.3, -0.25) is 9.59 Å². The van der Waals surface area contributed by atoms with Gasteiger partial charge in [-0.2, -0.15) is 17.5 Å². The molecule has 0 aliphatic rings. The average molecular weight is 307 g/mol. The summed E-state index contributed by atoms with van der Waals surface area (Å²) in [6.07, 6.45) is -3.38. The Kier molecular flexibility index (Phi) is 5.26. The van der Waals surface area contributed by atoms with E-state index in [1.807, 2.05) is 0 Å². The number of alkyl halides is 3. The minimum atomic E-state index is -4.43. The van der Waals surface area contributed by atoms with E-state index in [0.29, 0.717) is 11.5 Å². The van der Waals surface area contributed by atoms with Crippen molar-refractivity contribution in [1.29, 1.82) is 0 Å². The minimum Gasteiger partial charge on any atom is -0.349 e. The average Bonchev–Trinajstić information content (AvgIpc) is 2.83. The van der Waals surface area contributed by atoms with Gasteiger partial charge in [0.2, 0.25) is 11.8 Å². The fraction of sp³-hybridized carbons (Fsp3) is 0.364. The summed E-state index contributed by atoms with van der Waals surface area (Å²) >= 11 is 0.326. The Morgan fingerprint density at radius 3 is 2.70 bits per heavy atom. The monoisotopic (exact) mass is 307 g/mol. The van der Waals surface area contributed by atoms with E-state index in [9.17, 15) is 22.8 Å². The molecule has 5 nitrogen and oxygen atoms in total. The molecular weight excluding hydrogens is 295 g/mol. The Balaban J connectivity index is 2.47. The number of amides is 2. The Morgan fingerprint density at radius 2 is 2.20 bits per heavy atom. The summed E-state index contributed by atoms with van der Waals surface area (Å²) in [4.78, 5) is 22.9. The number of hydrogen-bond acceptors (Lipinski definition) is 4. The van der Waals surface area contributed by atoms with Gasteiger partial charge in [-0.1, -0.05) is 6.58 Å². The highest BCUT2D eigenvalue weighted by molar-refractivity contribution is 7.05. The fourth-order valence-corrected chi connectivity index (χ4v) is 1.85. The van der Waals surface area contributed by atoms with Gasteiger partial charge in [0.25, 0.3) is 0 Å². The second-order valence-electron chi connectivity index (χ2n) is 3.86. The first kappa shape index (κ1) is 16.2. The van der Waals surface area contributed by atoms with E-state index in [4.69, 9.17) is 0 Å². The summed E-state index contributed by atoms with van der Waals surface area (Å²) < 4.78 is 40.6. The molecule has 0 aliphatic carbocycles. The maximum absolute atomic E-state index is 12.3. The van der Waals surface area contributed by atoms with Crippen LogP contribution in [0.15, 0.2) is 18.7 Å².